The van der Waals surface area contributed by atoms with E-state index in [-0.39, 0.29) is 23.7 Å². The largest absolute Gasteiger partial charge is 0.452 e. The minimum atomic E-state index is -0.603. The Hall–Kier alpha value is -2.80. The fourth-order valence-electron chi connectivity index (χ4n) is 3.40. The summed E-state index contributed by atoms with van der Waals surface area (Å²) in [4.78, 5) is 36.2. The van der Waals surface area contributed by atoms with Gasteiger partial charge in [-0.05, 0) is 30.5 Å². The third-order valence-electron chi connectivity index (χ3n) is 5.13. The third-order valence-corrected chi connectivity index (χ3v) is 6.23. The fourth-order valence-corrected chi connectivity index (χ4v) is 4.18. The quantitative estimate of drug-likeness (QED) is 0.487. The van der Waals surface area contributed by atoms with Gasteiger partial charge in [-0.3, -0.25) is 9.59 Å². The molecule has 0 unspecified atom stereocenters. The zero-order valence-corrected chi connectivity index (χ0v) is 16.9. The maximum absolute atomic E-state index is 12.4. The molecule has 0 bridgehead atoms. The molecule has 3 N–H and O–H groups in total. The van der Waals surface area contributed by atoms with Crippen LogP contribution in [-0.4, -0.2) is 36.7 Å². The number of nitrogens with one attached hydrogen (secondary N) is 1. The molecule has 2 aromatic carbocycles. The molecule has 1 fully saturated rings. The number of hydrogen-bond acceptors (Lipinski definition) is 5. The van der Waals surface area contributed by atoms with Gasteiger partial charge < -0.3 is 15.8 Å². The Morgan fingerprint density at radius 1 is 1.03 bits per heavy atom. The average molecular weight is 413 g/mol. The normalized spacial score (nSPS) is 14.5. The molecule has 0 aliphatic heterocycles. The van der Waals surface area contributed by atoms with Crippen LogP contribution in [-0.2, 0) is 19.7 Å². The minimum absolute atomic E-state index is 0.0288. The first-order valence-corrected chi connectivity index (χ1v) is 10.5. The van der Waals surface area contributed by atoms with Gasteiger partial charge in [0, 0.05) is 16.9 Å². The van der Waals surface area contributed by atoms with Gasteiger partial charge in [0.1, 0.15) is 0 Å². The molecule has 0 spiro atoms. The molecule has 3 rings (SSSR count). The number of hydrogen-bond donors (Lipinski definition) is 2. The smallest absolute Gasteiger partial charge is 0.339 e. The van der Waals surface area contributed by atoms with E-state index < -0.39 is 11.9 Å². The summed E-state index contributed by atoms with van der Waals surface area (Å²) in [7, 11) is 0. The lowest BCUT2D eigenvalue weighted by molar-refractivity contribution is -0.124. The van der Waals surface area contributed by atoms with E-state index in [1.165, 1.54) is 5.56 Å². The molecule has 1 aliphatic carbocycles. The Bertz CT molecular complexity index is 881. The first-order valence-electron chi connectivity index (χ1n) is 9.50. The second-order valence-electron chi connectivity index (χ2n) is 7.10. The number of nitrogens with two attached hydrogens (primary N) is 1. The topological polar surface area (TPSA) is 98.5 Å². The van der Waals surface area contributed by atoms with Crippen LogP contribution in [0, 0.1) is 0 Å². The van der Waals surface area contributed by atoms with Crippen molar-refractivity contribution >= 4 is 29.5 Å². The lowest BCUT2D eigenvalue weighted by atomic mass is 9.64. The molecule has 1 saturated carbocycles. The van der Waals surface area contributed by atoms with Gasteiger partial charge in [0.05, 0.1) is 11.3 Å². The maximum Gasteiger partial charge on any atom is 0.339 e. The predicted molar refractivity (Wildman–Crippen MR) is 112 cm³/mol. The van der Waals surface area contributed by atoms with Gasteiger partial charge in [-0.15, -0.1) is 11.8 Å². The van der Waals surface area contributed by atoms with E-state index >= 15 is 0 Å². The number of esters is 1. The molecule has 0 radical (unpaired) electrons. The number of benzene rings is 2. The second kappa shape index (κ2) is 9.60. The van der Waals surface area contributed by atoms with E-state index in [9.17, 15) is 14.4 Å². The fraction of sp³-hybridized carbons (Fsp3) is 0.318. The van der Waals surface area contributed by atoms with Crippen LogP contribution in [0.4, 0.5) is 0 Å². The number of primary amides is 1. The molecule has 0 saturated heterocycles. The van der Waals surface area contributed by atoms with Crippen molar-refractivity contribution in [3.63, 3.8) is 0 Å². The standard InChI is InChI=1S/C22H24N2O4S/c23-19(25)14-29-18-10-5-4-9-17(18)21(27)28-13-20(26)24-15-22(11-6-12-22)16-7-2-1-3-8-16/h1-5,7-10H,6,11-15H2,(H2,23,25)(H,24,26). The maximum atomic E-state index is 12.4. The highest BCUT2D eigenvalue weighted by Crippen LogP contribution is 2.43. The monoisotopic (exact) mass is 412 g/mol. The van der Waals surface area contributed by atoms with Crippen LogP contribution in [0.3, 0.4) is 0 Å². The summed E-state index contributed by atoms with van der Waals surface area (Å²) in [5.41, 5.74) is 6.67. The molecule has 6 nitrogen and oxygen atoms in total. The van der Waals surface area contributed by atoms with E-state index in [1.54, 1.807) is 24.3 Å². The van der Waals surface area contributed by atoms with Gasteiger partial charge in [-0.25, -0.2) is 4.79 Å². The zero-order valence-electron chi connectivity index (χ0n) is 16.1. The number of ether oxygens (including phenoxy) is 1. The van der Waals surface area contributed by atoms with Gasteiger partial charge in [0.15, 0.2) is 6.61 Å². The first kappa shape index (κ1) is 20.9. The van der Waals surface area contributed by atoms with Crippen molar-refractivity contribution in [1.29, 1.82) is 0 Å². The average Bonchev–Trinajstić information content (AvgIpc) is 2.70. The lowest BCUT2D eigenvalue weighted by Crippen LogP contribution is -2.46. The van der Waals surface area contributed by atoms with Crippen LogP contribution in [0.15, 0.2) is 59.5 Å². The van der Waals surface area contributed by atoms with Gasteiger partial charge in [0.2, 0.25) is 5.91 Å². The van der Waals surface area contributed by atoms with Crippen molar-refractivity contribution in [3.05, 3.63) is 65.7 Å². The van der Waals surface area contributed by atoms with Crippen molar-refractivity contribution in [2.24, 2.45) is 5.73 Å². The van der Waals surface area contributed by atoms with E-state index in [0.717, 1.165) is 31.0 Å². The third kappa shape index (κ3) is 5.38. The summed E-state index contributed by atoms with van der Waals surface area (Å²) in [6.07, 6.45) is 3.20. The molecule has 0 atom stereocenters. The molecular weight excluding hydrogens is 388 g/mol. The summed E-state index contributed by atoms with van der Waals surface area (Å²) in [5.74, 6) is -1.34. The highest BCUT2D eigenvalue weighted by atomic mass is 32.2. The van der Waals surface area contributed by atoms with Gasteiger partial charge in [-0.1, -0.05) is 48.9 Å². The molecule has 7 heteroatoms. The van der Waals surface area contributed by atoms with Gasteiger partial charge in [-0.2, -0.15) is 0 Å². The Morgan fingerprint density at radius 2 is 1.72 bits per heavy atom. The van der Waals surface area contributed by atoms with Crippen molar-refractivity contribution in [1.82, 2.24) is 5.32 Å². The number of carbonyl (C=O) groups is 3. The Kier molecular flexibility index (Phi) is 6.93. The Balaban J connectivity index is 1.52. The number of thioether (sulfide) groups is 1. The highest BCUT2D eigenvalue weighted by Gasteiger charge is 2.38. The Morgan fingerprint density at radius 3 is 2.38 bits per heavy atom. The first-order chi connectivity index (χ1) is 14.0. The van der Waals surface area contributed by atoms with Crippen LogP contribution in [0.5, 0.6) is 0 Å². The summed E-state index contributed by atoms with van der Waals surface area (Å²) in [5, 5.41) is 2.90. The SMILES string of the molecule is NC(=O)CSc1ccccc1C(=O)OCC(=O)NCC1(c2ccccc2)CCC1. The minimum Gasteiger partial charge on any atom is -0.452 e. The number of rotatable bonds is 9. The van der Waals surface area contributed by atoms with Crippen LogP contribution < -0.4 is 11.1 Å². The van der Waals surface area contributed by atoms with Crippen LogP contribution in [0.25, 0.3) is 0 Å². The van der Waals surface area contributed by atoms with Crippen molar-refractivity contribution < 1.29 is 19.1 Å². The molecule has 0 aromatic heterocycles. The van der Waals surface area contributed by atoms with E-state index in [1.807, 2.05) is 18.2 Å². The lowest BCUT2D eigenvalue weighted by Gasteiger charge is -2.42. The van der Waals surface area contributed by atoms with Gasteiger partial charge >= 0.3 is 5.97 Å². The van der Waals surface area contributed by atoms with Crippen molar-refractivity contribution in [3.8, 4) is 0 Å². The molecule has 0 heterocycles. The molecule has 152 valence electrons. The van der Waals surface area contributed by atoms with Crippen LogP contribution >= 0.6 is 11.8 Å². The summed E-state index contributed by atoms with van der Waals surface area (Å²) in [6.45, 7) is 0.178. The second-order valence-corrected chi connectivity index (χ2v) is 8.12. The summed E-state index contributed by atoms with van der Waals surface area (Å²) in [6, 6.07) is 16.9. The van der Waals surface area contributed by atoms with Crippen LogP contribution in [0.2, 0.25) is 0 Å². The zero-order chi connectivity index (χ0) is 20.7. The van der Waals surface area contributed by atoms with E-state index in [4.69, 9.17) is 10.5 Å². The van der Waals surface area contributed by atoms with E-state index in [0.29, 0.717) is 17.0 Å². The summed E-state index contributed by atoms with van der Waals surface area (Å²) < 4.78 is 5.18. The molecular formula is C22H24N2O4S. The highest BCUT2D eigenvalue weighted by molar-refractivity contribution is 8.00. The van der Waals surface area contributed by atoms with Gasteiger partial charge in [0.25, 0.3) is 5.91 Å². The molecule has 1 aliphatic rings. The molecule has 29 heavy (non-hydrogen) atoms. The number of carbonyl (C=O) groups excluding carboxylic acids is 3. The molecule has 2 aromatic rings. The van der Waals surface area contributed by atoms with Crippen molar-refractivity contribution in [2.75, 3.05) is 18.9 Å². The Labute approximate surface area is 174 Å². The van der Waals surface area contributed by atoms with Crippen molar-refractivity contribution in [2.45, 2.75) is 29.6 Å². The number of amides is 2. The van der Waals surface area contributed by atoms with Crippen LogP contribution in [0.1, 0.15) is 35.2 Å². The predicted octanol–water partition coefficient (Wildman–Crippen LogP) is 2.66. The van der Waals surface area contributed by atoms with E-state index in [2.05, 4.69) is 17.4 Å². The summed E-state index contributed by atoms with van der Waals surface area (Å²) >= 11 is 1.16. The molecule has 2 amide bonds.